The van der Waals surface area contributed by atoms with E-state index < -0.39 is 47.1 Å². The van der Waals surface area contributed by atoms with Gasteiger partial charge in [0.1, 0.15) is 74.9 Å². The van der Waals surface area contributed by atoms with Gasteiger partial charge in [-0.25, -0.2) is 39.2 Å². The minimum atomic E-state index is -3.35. The number of pyridine rings is 2. The molecule has 0 aliphatic rings. The van der Waals surface area contributed by atoms with Gasteiger partial charge in [-0.2, -0.15) is 30.6 Å². The summed E-state index contributed by atoms with van der Waals surface area (Å²) in [5.41, 5.74) is 16.7. The molecule has 30 nitrogen and oxygen atoms in total. The molecular formula is C111H87F7N20O10S2. The van der Waals surface area contributed by atoms with Gasteiger partial charge in [0.2, 0.25) is 21.8 Å². The number of anilines is 4. The molecule has 0 bridgehead atoms. The van der Waals surface area contributed by atoms with E-state index in [1.807, 2.05) is 60.0 Å². The van der Waals surface area contributed by atoms with E-state index in [2.05, 4.69) is 102 Å². The fourth-order valence-corrected chi connectivity index (χ4v) is 17.2. The van der Waals surface area contributed by atoms with Crippen molar-refractivity contribution < 1.29 is 78.4 Å². The number of aromatic amines is 6. The molecule has 0 aliphatic heterocycles. The summed E-state index contributed by atoms with van der Waals surface area (Å²) >= 11 is 1.56. The predicted octanol–water partition coefficient (Wildman–Crippen LogP) is 20.7. The summed E-state index contributed by atoms with van der Waals surface area (Å²) in [6, 6.07) is 84.3. The number of amides is 5. The lowest BCUT2D eigenvalue weighted by atomic mass is 10.0. The number of carbonyl (C=O) groups is 5. The lowest BCUT2D eigenvalue weighted by molar-refractivity contribution is -0.116. The molecule has 2 atom stereocenters. The van der Waals surface area contributed by atoms with Crippen LogP contribution in [0, 0.1) is 40.7 Å². The number of aromatic nitrogens is 14. The molecule has 22 rings (SSSR count). The SMILES string of the molecule is CS(=O)(=O)Nc1ccc2[nH]nc(-c3cccc(F)c3)c2c1.O=C(Cc1cccs1)Nc1ccc2[nH]nc(-c3cccc(F)c3)c2c1.O=C(Cc1ccncc1)Nc1ccc2[nH]nc(-c3cccc(F)c3)c2c1.O=C(NC(CO)c1ccccc1F)c1ccc2[nH]nc(-c3cccc(F)c3)c2c1.O=C(NCC(O)CO)c1ccc2[nH]nc(-c3cccc(F)c3)c2c1.O=C(Nc1ccc2[nH]nc(-c3cccc(F)c3)c2c1)c1cccnc1. The zero-order chi connectivity index (χ0) is 105. The van der Waals surface area contributed by atoms with Crippen LogP contribution in [0.15, 0.2) is 346 Å². The Balaban J connectivity index is 0.000000123. The van der Waals surface area contributed by atoms with Crippen molar-refractivity contribution >= 4 is 139 Å². The molecule has 15 N–H and O–H groups in total. The van der Waals surface area contributed by atoms with Crippen molar-refractivity contribution in [2.24, 2.45) is 0 Å². The summed E-state index contributed by atoms with van der Waals surface area (Å²) in [6.07, 6.45) is 7.12. The predicted molar refractivity (Wildman–Crippen MR) is 562 cm³/mol. The minimum absolute atomic E-state index is 0.0461. The highest BCUT2D eigenvalue weighted by Gasteiger charge is 2.24. The molecule has 150 heavy (non-hydrogen) atoms. The normalized spacial score (nSPS) is 11.4. The van der Waals surface area contributed by atoms with Gasteiger partial charge in [0.25, 0.3) is 17.7 Å². The van der Waals surface area contributed by atoms with Crippen LogP contribution in [0.5, 0.6) is 0 Å². The number of carbonyl (C=O) groups excluding carboxylic acids is 5. The average molecular weight is 2060 g/mol. The Labute approximate surface area is 852 Å². The number of nitrogens with zero attached hydrogens (tertiary/aromatic N) is 8. The third-order valence-electron chi connectivity index (χ3n) is 23.0. The van der Waals surface area contributed by atoms with Crippen LogP contribution in [-0.4, -0.2) is 157 Å². The van der Waals surface area contributed by atoms with E-state index in [-0.39, 0.29) is 77.1 Å². The van der Waals surface area contributed by atoms with Crippen molar-refractivity contribution in [1.29, 1.82) is 0 Å². The molecular weight excluding hydrogens is 1970 g/mol. The van der Waals surface area contributed by atoms with Crippen molar-refractivity contribution in [3.8, 4) is 67.5 Å². The summed E-state index contributed by atoms with van der Waals surface area (Å²) < 4.78 is 120. The molecule has 752 valence electrons. The highest BCUT2D eigenvalue weighted by molar-refractivity contribution is 7.92. The van der Waals surface area contributed by atoms with E-state index in [4.69, 9.17) is 5.11 Å². The van der Waals surface area contributed by atoms with Gasteiger partial charge in [-0.3, -0.25) is 69.3 Å². The van der Waals surface area contributed by atoms with E-state index >= 15 is 0 Å². The standard InChI is InChI=1S/C22H17F2N3O2.C20H15FN4O.C19H13FN4O.C19H14FN3OS.C17H16FN3O3.C14H12FN3O2S/c23-15-5-3-4-13(10-15)21-17-11-14(8-9-19(17)26-27-21)22(29)25-20(12-28)16-6-1-2-7-18(16)24;21-15-3-1-2-14(11-15)20-17-12-16(4-5-18(17)24-25-20)23-19(26)10-13-6-8-22-9-7-13;20-14-5-1-3-12(9-14)18-16-10-15(6-7-17(16)23-24-18)22-19(25)13-4-2-8-21-11-13;20-13-4-1-3-12(9-13)19-16-10-14(6-7-17(16)22-23-19)21-18(24)11-15-5-2-8-25-15;18-12-3-1-2-10(6-12)16-14-7-11(4-5-15(14)20-21-16)17(24)19-8-13(23)9-22;1-21(19,20)18-11-5-6-13-12(8-11)14(17-16-13)9-3-2-4-10(15)7-9/h1-11,20,28H,12H2,(H,25,29)(H,26,27);1-9,11-12H,10H2,(H,23,26)(H,24,25);1-11H,(H,22,25)(H,23,24);1-10H,11H2,(H,21,24)(H,22,23);1-7,13,22-23H,8-9H2,(H,19,24)(H,20,21);2-8,18H,1H3,(H,16,17). The molecule has 2 unspecified atom stereocenters. The maximum atomic E-state index is 14.0. The van der Waals surface area contributed by atoms with Crippen molar-refractivity contribution in [2.75, 3.05) is 46.7 Å². The first-order valence-electron chi connectivity index (χ1n) is 46.0. The van der Waals surface area contributed by atoms with Crippen molar-refractivity contribution in [2.45, 2.75) is 25.0 Å². The lowest BCUT2D eigenvalue weighted by Gasteiger charge is -2.17. The van der Waals surface area contributed by atoms with Crippen LogP contribution in [0.4, 0.5) is 53.5 Å². The Hall–Kier alpha value is -18.8. The van der Waals surface area contributed by atoms with E-state index in [0.29, 0.717) is 135 Å². The summed E-state index contributed by atoms with van der Waals surface area (Å²) in [5, 5.41) is 90.8. The number of benzene rings is 13. The van der Waals surface area contributed by atoms with Crippen LogP contribution in [0.2, 0.25) is 0 Å². The monoisotopic (exact) mass is 2060 g/mol. The Morgan fingerprint density at radius 2 is 0.727 bits per heavy atom. The van der Waals surface area contributed by atoms with E-state index in [1.54, 1.807) is 200 Å². The molecule has 22 aromatic rings. The van der Waals surface area contributed by atoms with E-state index in [1.165, 1.54) is 97.2 Å². The molecule has 9 aromatic heterocycles. The van der Waals surface area contributed by atoms with Crippen molar-refractivity contribution in [3.05, 3.63) is 419 Å². The minimum Gasteiger partial charge on any atom is -0.394 e. The summed E-state index contributed by atoms with van der Waals surface area (Å²) in [4.78, 5) is 70.5. The third-order valence-corrected chi connectivity index (χ3v) is 24.5. The highest BCUT2D eigenvalue weighted by atomic mass is 32.2. The fourth-order valence-electron chi connectivity index (χ4n) is 16.0. The number of aliphatic hydroxyl groups excluding tert-OH is 3. The first kappa shape index (κ1) is 103. The average Bonchev–Trinajstić information content (AvgIpc) is 1.67. The Morgan fingerprint density at radius 3 is 1.09 bits per heavy atom. The fraction of sp³-hybridized carbons (Fsp3) is 0.0721. The van der Waals surface area contributed by atoms with Crippen LogP contribution < -0.4 is 31.3 Å². The number of aliphatic hydroxyl groups is 3. The Morgan fingerprint density at radius 1 is 0.353 bits per heavy atom. The maximum Gasteiger partial charge on any atom is 0.257 e. The number of nitrogens with one attached hydrogen (secondary N) is 12. The number of hydrogen-bond acceptors (Lipinski definition) is 19. The molecule has 9 heterocycles. The lowest BCUT2D eigenvalue weighted by Crippen LogP contribution is -2.33. The molecule has 13 aromatic carbocycles. The zero-order valence-electron chi connectivity index (χ0n) is 78.8. The summed E-state index contributed by atoms with van der Waals surface area (Å²) in [6.45, 7) is -0.921. The topological polar surface area (TPSA) is 450 Å². The van der Waals surface area contributed by atoms with Crippen LogP contribution in [-0.2, 0) is 32.5 Å². The molecule has 0 aliphatic carbocycles. The summed E-state index contributed by atoms with van der Waals surface area (Å²) in [7, 11) is -3.35. The number of rotatable bonds is 24. The van der Waals surface area contributed by atoms with Crippen LogP contribution in [0.3, 0.4) is 0 Å². The van der Waals surface area contributed by atoms with Gasteiger partial charge in [-0.05, 0) is 229 Å². The second kappa shape index (κ2) is 47.3. The molecule has 0 saturated heterocycles. The first-order chi connectivity index (χ1) is 72.6. The van der Waals surface area contributed by atoms with Gasteiger partial charge < -0.3 is 41.9 Å². The number of halogens is 7. The van der Waals surface area contributed by atoms with E-state index in [0.717, 1.165) is 60.4 Å². The number of hydrogen-bond donors (Lipinski definition) is 15. The molecule has 0 radical (unpaired) electrons. The van der Waals surface area contributed by atoms with Gasteiger partial charge >= 0.3 is 0 Å². The smallest absolute Gasteiger partial charge is 0.257 e. The second-order valence-electron chi connectivity index (χ2n) is 33.8. The first-order valence-corrected chi connectivity index (χ1v) is 48.8. The molecule has 5 amide bonds. The third kappa shape index (κ3) is 26.1. The number of sulfonamides is 1. The molecule has 0 fully saturated rings. The number of fused-ring (bicyclic) bond motifs is 6. The second-order valence-corrected chi connectivity index (χ2v) is 36.6. The Bertz CT molecular complexity index is 8760. The van der Waals surface area contributed by atoms with Crippen LogP contribution in [0.25, 0.3) is 133 Å². The number of thiophene rings is 1. The van der Waals surface area contributed by atoms with Crippen molar-refractivity contribution in [1.82, 2.24) is 81.8 Å². The largest absolute Gasteiger partial charge is 0.394 e. The molecule has 39 heteroatoms. The molecule has 0 saturated carbocycles. The quantitative estimate of drug-likeness (QED) is 0.0250. The van der Waals surface area contributed by atoms with Gasteiger partial charge in [0, 0.05) is 141 Å². The van der Waals surface area contributed by atoms with Crippen LogP contribution >= 0.6 is 11.3 Å². The van der Waals surface area contributed by atoms with Gasteiger partial charge in [-0.15, -0.1) is 11.3 Å². The Kier molecular flexibility index (Phi) is 32.4. The van der Waals surface area contributed by atoms with Gasteiger partial charge in [0.15, 0.2) is 0 Å². The van der Waals surface area contributed by atoms with Crippen molar-refractivity contribution in [3.63, 3.8) is 0 Å². The maximum absolute atomic E-state index is 14.0. The van der Waals surface area contributed by atoms with Gasteiger partial charge in [-0.1, -0.05) is 97.1 Å². The highest BCUT2D eigenvalue weighted by Crippen LogP contribution is 2.37. The van der Waals surface area contributed by atoms with E-state index in [9.17, 15) is 73.3 Å². The summed E-state index contributed by atoms with van der Waals surface area (Å²) in [5.74, 6) is -3.86. The van der Waals surface area contributed by atoms with Crippen LogP contribution in [0.1, 0.15) is 53.1 Å². The van der Waals surface area contributed by atoms with Gasteiger partial charge in [0.05, 0.1) is 83.1 Å². The zero-order valence-corrected chi connectivity index (χ0v) is 80.5. The molecule has 0 spiro atoms. The number of H-pyrrole nitrogens is 6.